The summed E-state index contributed by atoms with van der Waals surface area (Å²) in [5.74, 6) is -0.0787. The maximum Gasteiger partial charge on any atom is 0.241 e. The van der Waals surface area contributed by atoms with Crippen LogP contribution in [-0.2, 0) is 14.8 Å². The van der Waals surface area contributed by atoms with E-state index in [2.05, 4.69) is 10.0 Å². The highest BCUT2D eigenvalue weighted by Crippen LogP contribution is 2.30. The summed E-state index contributed by atoms with van der Waals surface area (Å²) in [6.07, 6.45) is 0.717. The van der Waals surface area contributed by atoms with Gasteiger partial charge in [-0.05, 0) is 18.6 Å². The lowest BCUT2D eigenvalue weighted by Crippen LogP contribution is -2.40. The smallest absolute Gasteiger partial charge is 0.241 e. The standard InChI is InChI=1S/C20H29N3O3S/c1-6-20(2,3)19(24)21-13-14-22-27(25,26)18-12-8-9-15-16(18)10-7-11-17(15)23(4)5/h7-12,22H,6,13-14H2,1-5H3,(H,21,24). The predicted octanol–water partition coefficient (Wildman–Crippen LogP) is 2.74. The van der Waals surface area contributed by atoms with E-state index in [0.29, 0.717) is 5.39 Å². The normalized spacial score (nSPS) is 12.2. The molecule has 6 nitrogen and oxygen atoms in total. The number of fused-ring (bicyclic) bond motifs is 1. The number of carbonyl (C=O) groups excluding carboxylic acids is 1. The third-order valence-corrected chi connectivity index (χ3v) is 6.35. The second-order valence-electron chi connectivity index (χ2n) is 7.41. The molecule has 0 saturated heterocycles. The Bertz CT molecular complexity index is 921. The van der Waals surface area contributed by atoms with Crippen molar-refractivity contribution in [3.05, 3.63) is 36.4 Å². The summed E-state index contributed by atoms with van der Waals surface area (Å²) >= 11 is 0. The third kappa shape index (κ3) is 4.78. The van der Waals surface area contributed by atoms with E-state index in [1.807, 2.05) is 64.0 Å². The highest BCUT2D eigenvalue weighted by atomic mass is 32.2. The van der Waals surface area contributed by atoms with Crippen molar-refractivity contribution < 1.29 is 13.2 Å². The fraction of sp³-hybridized carbons (Fsp3) is 0.450. The van der Waals surface area contributed by atoms with Crippen molar-refractivity contribution >= 4 is 32.4 Å². The van der Waals surface area contributed by atoms with Gasteiger partial charge in [-0.3, -0.25) is 4.79 Å². The second-order valence-corrected chi connectivity index (χ2v) is 9.15. The van der Waals surface area contributed by atoms with Gasteiger partial charge in [0.2, 0.25) is 15.9 Å². The fourth-order valence-corrected chi connectivity index (χ4v) is 3.98. The molecule has 2 aromatic rings. The van der Waals surface area contributed by atoms with Crippen molar-refractivity contribution in [1.82, 2.24) is 10.0 Å². The number of nitrogens with zero attached hydrogens (tertiary/aromatic N) is 1. The molecule has 0 fully saturated rings. The van der Waals surface area contributed by atoms with Gasteiger partial charge in [-0.15, -0.1) is 0 Å². The summed E-state index contributed by atoms with van der Waals surface area (Å²) in [6, 6.07) is 10.9. The zero-order valence-electron chi connectivity index (χ0n) is 16.7. The van der Waals surface area contributed by atoms with E-state index in [0.717, 1.165) is 17.5 Å². The van der Waals surface area contributed by atoms with Gasteiger partial charge in [0, 0.05) is 49.1 Å². The molecule has 1 amide bonds. The number of anilines is 1. The Morgan fingerprint density at radius 1 is 1.04 bits per heavy atom. The van der Waals surface area contributed by atoms with Gasteiger partial charge < -0.3 is 10.2 Å². The molecule has 0 bridgehead atoms. The Hall–Kier alpha value is -2.12. The number of hydrogen-bond donors (Lipinski definition) is 2. The largest absolute Gasteiger partial charge is 0.377 e. The molecule has 0 aliphatic carbocycles. The SMILES string of the molecule is CCC(C)(C)C(=O)NCCNS(=O)(=O)c1cccc2c(N(C)C)cccc12. The maximum absolute atomic E-state index is 12.8. The van der Waals surface area contributed by atoms with E-state index >= 15 is 0 Å². The van der Waals surface area contributed by atoms with Crippen LogP contribution in [0.3, 0.4) is 0 Å². The number of carbonyl (C=O) groups is 1. The van der Waals surface area contributed by atoms with Crippen molar-refractivity contribution in [2.45, 2.75) is 32.1 Å². The molecule has 0 aliphatic rings. The van der Waals surface area contributed by atoms with Crippen LogP contribution in [0, 0.1) is 5.41 Å². The van der Waals surface area contributed by atoms with Crippen molar-refractivity contribution in [1.29, 1.82) is 0 Å². The van der Waals surface area contributed by atoms with E-state index in [1.54, 1.807) is 12.1 Å². The quantitative estimate of drug-likeness (QED) is 0.678. The molecule has 0 heterocycles. The molecule has 0 aliphatic heterocycles. The average Bonchev–Trinajstić information content (AvgIpc) is 2.63. The van der Waals surface area contributed by atoms with Crippen LogP contribution in [0.15, 0.2) is 41.3 Å². The molecule has 0 spiro atoms. The van der Waals surface area contributed by atoms with Gasteiger partial charge in [-0.2, -0.15) is 0 Å². The van der Waals surface area contributed by atoms with E-state index in [-0.39, 0.29) is 23.9 Å². The van der Waals surface area contributed by atoms with Gasteiger partial charge in [-0.1, -0.05) is 45.0 Å². The summed E-state index contributed by atoms with van der Waals surface area (Å²) in [7, 11) is 0.162. The Labute approximate surface area is 162 Å². The van der Waals surface area contributed by atoms with Crippen molar-refractivity contribution in [2.24, 2.45) is 5.41 Å². The van der Waals surface area contributed by atoms with E-state index in [4.69, 9.17) is 0 Å². The molecule has 2 aromatic carbocycles. The van der Waals surface area contributed by atoms with E-state index < -0.39 is 15.4 Å². The van der Waals surface area contributed by atoms with Gasteiger partial charge in [0.05, 0.1) is 4.90 Å². The lowest BCUT2D eigenvalue weighted by Gasteiger charge is -2.21. The first-order valence-electron chi connectivity index (χ1n) is 9.07. The molecular formula is C20H29N3O3S. The minimum atomic E-state index is -3.69. The van der Waals surface area contributed by atoms with Crippen molar-refractivity contribution in [2.75, 3.05) is 32.1 Å². The first-order valence-corrected chi connectivity index (χ1v) is 10.6. The number of amides is 1. The second kappa shape index (κ2) is 8.27. The van der Waals surface area contributed by atoms with E-state index in [9.17, 15) is 13.2 Å². The molecule has 7 heteroatoms. The van der Waals surface area contributed by atoms with E-state index in [1.165, 1.54) is 0 Å². The molecule has 27 heavy (non-hydrogen) atoms. The summed E-state index contributed by atoms with van der Waals surface area (Å²) in [5, 5.41) is 4.34. The Morgan fingerprint density at radius 2 is 1.67 bits per heavy atom. The number of hydrogen-bond acceptors (Lipinski definition) is 4. The van der Waals surface area contributed by atoms with Crippen LogP contribution in [0.1, 0.15) is 27.2 Å². The van der Waals surface area contributed by atoms with Crippen LogP contribution in [0.5, 0.6) is 0 Å². The Morgan fingerprint density at radius 3 is 2.30 bits per heavy atom. The molecule has 0 radical (unpaired) electrons. The van der Waals surface area contributed by atoms with Gasteiger partial charge in [0.15, 0.2) is 0 Å². The van der Waals surface area contributed by atoms with Crippen molar-refractivity contribution in [3.8, 4) is 0 Å². The van der Waals surface area contributed by atoms with Crippen LogP contribution in [0.4, 0.5) is 5.69 Å². The summed E-state index contributed by atoms with van der Waals surface area (Å²) in [4.78, 5) is 14.3. The highest BCUT2D eigenvalue weighted by molar-refractivity contribution is 7.89. The Kier molecular flexibility index (Phi) is 6.49. The van der Waals surface area contributed by atoms with Gasteiger partial charge in [-0.25, -0.2) is 13.1 Å². The monoisotopic (exact) mass is 391 g/mol. The molecule has 148 valence electrons. The molecule has 0 unspecified atom stereocenters. The molecule has 0 aromatic heterocycles. The zero-order chi connectivity index (χ0) is 20.2. The number of rotatable bonds is 8. The van der Waals surface area contributed by atoms with Crippen LogP contribution < -0.4 is 14.9 Å². The first-order chi connectivity index (χ1) is 12.6. The summed E-state index contributed by atoms with van der Waals surface area (Å²) < 4.78 is 28.2. The molecule has 2 N–H and O–H groups in total. The first kappa shape index (κ1) is 21.2. The minimum absolute atomic E-state index is 0.0787. The third-order valence-electron chi connectivity index (χ3n) is 4.83. The molecular weight excluding hydrogens is 362 g/mol. The van der Waals surface area contributed by atoms with Crippen LogP contribution in [0.2, 0.25) is 0 Å². The maximum atomic E-state index is 12.8. The van der Waals surface area contributed by atoms with Gasteiger partial charge in [0.25, 0.3) is 0 Å². The van der Waals surface area contributed by atoms with Crippen LogP contribution in [0.25, 0.3) is 10.8 Å². The van der Waals surface area contributed by atoms with Gasteiger partial charge in [0.1, 0.15) is 0 Å². The zero-order valence-corrected chi connectivity index (χ0v) is 17.5. The van der Waals surface area contributed by atoms with Crippen molar-refractivity contribution in [3.63, 3.8) is 0 Å². The lowest BCUT2D eigenvalue weighted by molar-refractivity contribution is -0.129. The minimum Gasteiger partial charge on any atom is -0.377 e. The lowest BCUT2D eigenvalue weighted by atomic mass is 9.89. The fourth-order valence-electron chi connectivity index (χ4n) is 2.73. The number of nitrogens with one attached hydrogen (secondary N) is 2. The molecule has 2 rings (SSSR count). The molecule has 0 saturated carbocycles. The summed E-state index contributed by atoms with van der Waals surface area (Å²) in [5.41, 5.74) is 0.496. The highest BCUT2D eigenvalue weighted by Gasteiger charge is 2.25. The van der Waals surface area contributed by atoms with Crippen LogP contribution in [-0.4, -0.2) is 41.5 Å². The topological polar surface area (TPSA) is 78.5 Å². The van der Waals surface area contributed by atoms with Crippen LogP contribution >= 0.6 is 0 Å². The summed E-state index contributed by atoms with van der Waals surface area (Å²) in [6.45, 7) is 6.06. The number of benzene rings is 2. The molecule has 0 atom stereocenters. The Balaban J connectivity index is 2.16. The average molecular weight is 392 g/mol. The number of sulfonamides is 1. The predicted molar refractivity (Wildman–Crippen MR) is 111 cm³/mol. The van der Waals surface area contributed by atoms with Gasteiger partial charge >= 0.3 is 0 Å².